The molecule has 1 N–H and O–H groups in total. The second kappa shape index (κ2) is 8.53. The van der Waals surface area contributed by atoms with E-state index in [0.29, 0.717) is 30.7 Å². The molecular formula is C26H23F2N7O. The van der Waals surface area contributed by atoms with Crippen LogP contribution in [0, 0.1) is 28.9 Å². The highest BCUT2D eigenvalue weighted by Crippen LogP contribution is 2.31. The number of aryl methyl sites for hydroxylation is 1. The Balaban J connectivity index is 1.55. The zero-order valence-corrected chi connectivity index (χ0v) is 19.6. The van der Waals surface area contributed by atoms with Crippen molar-refractivity contribution in [3.05, 3.63) is 70.1 Å². The van der Waals surface area contributed by atoms with Crippen molar-refractivity contribution in [1.29, 1.82) is 5.26 Å². The number of fused-ring (bicyclic) bond motifs is 2. The zero-order valence-electron chi connectivity index (χ0n) is 19.6. The van der Waals surface area contributed by atoms with E-state index >= 15 is 4.39 Å². The molecule has 2 atom stereocenters. The molecule has 2 saturated heterocycles. The molecule has 2 aromatic carbocycles. The average molecular weight is 488 g/mol. The fourth-order valence-electron chi connectivity index (χ4n) is 5.41. The molecule has 0 saturated carbocycles. The van der Waals surface area contributed by atoms with Crippen LogP contribution in [-0.2, 0) is 7.05 Å². The summed E-state index contributed by atoms with van der Waals surface area (Å²) in [5.74, 6) is -1.24. The largest absolute Gasteiger partial charge is 0.354 e. The molecule has 0 radical (unpaired) electrons. The summed E-state index contributed by atoms with van der Waals surface area (Å²) in [6.07, 6.45) is 3.47. The number of hydrogen-bond acceptors (Lipinski definition) is 6. The number of rotatable bonds is 3. The van der Waals surface area contributed by atoms with Crippen LogP contribution >= 0.6 is 0 Å². The van der Waals surface area contributed by atoms with Crippen molar-refractivity contribution >= 4 is 16.7 Å². The van der Waals surface area contributed by atoms with Crippen molar-refractivity contribution in [3.8, 4) is 23.1 Å². The fourth-order valence-corrected chi connectivity index (χ4v) is 5.41. The second-order valence-corrected chi connectivity index (χ2v) is 9.38. The van der Waals surface area contributed by atoms with Gasteiger partial charge in [0, 0.05) is 37.1 Å². The highest BCUT2D eigenvalue weighted by atomic mass is 19.1. The van der Waals surface area contributed by atoms with Gasteiger partial charge in [0.1, 0.15) is 17.7 Å². The molecule has 0 spiro atoms. The Morgan fingerprint density at radius 3 is 2.83 bits per heavy atom. The Morgan fingerprint density at radius 2 is 2.03 bits per heavy atom. The fraction of sp³-hybridized carbons (Fsp3) is 0.308. The maximum Gasteiger partial charge on any atom is 0.296 e. The van der Waals surface area contributed by atoms with Crippen LogP contribution in [0.5, 0.6) is 0 Å². The maximum atomic E-state index is 15.7. The van der Waals surface area contributed by atoms with Crippen LogP contribution in [0.1, 0.15) is 18.4 Å². The summed E-state index contributed by atoms with van der Waals surface area (Å²) in [6, 6.07) is 11.4. The van der Waals surface area contributed by atoms with E-state index in [1.54, 1.807) is 42.2 Å². The predicted octanol–water partition coefficient (Wildman–Crippen LogP) is 3.12. The monoisotopic (exact) mass is 487 g/mol. The zero-order chi connectivity index (χ0) is 25.0. The van der Waals surface area contributed by atoms with Crippen LogP contribution < -0.4 is 15.8 Å². The lowest BCUT2D eigenvalue weighted by Crippen LogP contribution is -2.46. The van der Waals surface area contributed by atoms with Gasteiger partial charge < -0.3 is 10.2 Å². The number of nitriles is 1. The van der Waals surface area contributed by atoms with Crippen molar-refractivity contribution in [1.82, 2.24) is 24.6 Å². The molecule has 8 nitrogen and oxygen atoms in total. The third-order valence-corrected chi connectivity index (χ3v) is 7.30. The van der Waals surface area contributed by atoms with Gasteiger partial charge in [-0.05, 0) is 61.7 Å². The first kappa shape index (κ1) is 22.4. The van der Waals surface area contributed by atoms with E-state index in [4.69, 9.17) is 5.26 Å². The molecule has 2 fully saturated rings. The topological polar surface area (TPSA) is 91.8 Å². The van der Waals surface area contributed by atoms with E-state index in [1.807, 2.05) is 4.90 Å². The molecular weight excluding hydrogens is 464 g/mol. The normalized spacial score (nSPS) is 19.4. The highest BCUT2D eigenvalue weighted by molar-refractivity contribution is 5.81. The van der Waals surface area contributed by atoms with Gasteiger partial charge in [-0.1, -0.05) is 0 Å². The van der Waals surface area contributed by atoms with Crippen molar-refractivity contribution in [3.63, 3.8) is 0 Å². The summed E-state index contributed by atoms with van der Waals surface area (Å²) in [6.45, 7) is 2.07. The summed E-state index contributed by atoms with van der Waals surface area (Å²) in [5, 5.41) is 17.6. The van der Waals surface area contributed by atoms with Crippen LogP contribution in [0.25, 0.3) is 28.0 Å². The Bertz CT molecular complexity index is 1600. The average Bonchev–Trinajstić information content (AvgIpc) is 3.51. The first-order chi connectivity index (χ1) is 17.4. The smallest absolute Gasteiger partial charge is 0.296 e. The van der Waals surface area contributed by atoms with Gasteiger partial charge in [0.25, 0.3) is 5.56 Å². The molecule has 2 aliphatic heterocycles. The van der Waals surface area contributed by atoms with Gasteiger partial charge in [-0.3, -0.25) is 14.0 Å². The minimum atomic E-state index is -0.941. The third kappa shape index (κ3) is 3.55. The summed E-state index contributed by atoms with van der Waals surface area (Å²) < 4.78 is 33.2. The van der Waals surface area contributed by atoms with E-state index in [-0.39, 0.29) is 22.8 Å². The van der Waals surface area contributed by atoms with Crippen molar-refractivity contribution in [2.75, 3.05) is 24.5 Å². The van der Waals surface area contributed by atoms with E-state index in [9.17, 15) is 9.18 Å². The van der Waals surface area contributed by atoms with Gasteiger partial charge in [-0.25, -0.2) is 9.37 Å². The van der Waals surface area contributed by atoms with E-state index in [2.05, 4.69) is 15.4 Å². The summed E-state index contributed by atoms with van der Waals surface area (Å²) in [7, 11) is 1.80. The van der Waals surface area contributed by atoms with Crippen molar-refractivity contribution in [2.45, 2.75) is 18.9 Å². The van der Waals surface area contributed by atoms with E-state index in [0.717, 1.165) is 40.9 Å². The highest BCUT2D eigenvalue weighted by Gasteiger charge is 2.35. The second-order valence-electron chi connectivity index (χ2n) is 9.38. The minimum Gasteiger partial charge on any atom is -0.354 e. The maximum absolute atomic E-state index is 15.7. The summed E-state index contributed by atoms with van der Waals surface area (Å²) in [5.41, 5.74) is 0.513. The minimum absolute atomic E-state index is 0.0242. The van der Waals surface area contributed by atoms with Gasteiger partial charge in [0.15, 0.2) is 5.82 Å². The molecule has 0 aliphatic carbocycles. The van der Waals surface area contributed by atoms with Gasteiger partial charge in [-0.2, -0.15) is 14.8 Å². The SMILES string of the molecule is Cn1ncc2cc(-n3c(-c4ccc(C#N)c(F)c4)nc(N4CCC5NCCC5C4)c(F)c3=O)ccc21. The van der Waals surface area contributed by atoms with Crippen molar-refractivity contribution in [2.24, 2.45) is 13.0 Å². The van der Waals surface area contributed by atoms with Gasteiger partial charge >= 0.3 is 0 Å². The first-order valence-corrected chi connectivity index (χ1v) is 11.9. The Morgan fingerprint density at radius 1 is 1.17 bits per heavy atom. The van der Waals surface area contributed by atoms with E-state index < -0.39 is 17.2 Å². The number of anilines is 1. The number of benzene rings is 2. The van der Waals surface area contributed by atoms with Crippen LogP contribution in [0.15, 0.2) is 47.4 Å². The quantitative estimate of drug-likeness (QED) is 0.478. The molecule has 2 unspecified atom stereocenters. The number of halogens is 2. The first-order valence-electron chi connectivity index (χ1n) is 11.9. The molecule has 182 valence electrons. The lowest BCUT2D eigenvalue weighted by atomic mass is 9.93. The van der Waals surface area contributed by atoms with Gasteiger partial charge in [0.2, 0.25) is 5.82 Å². The number of nitrogens with zero attached hydrogens (tertiary/aromatic N) is 6. The lowest BCUT2D eigenvalue weighted by molar-refractivity contribution is 0.371. The lowest BCUT2D eigenvalue weighted by Gasteiger charge is -2.36. The van der Waals surface area contributed by atoms with Crippen LogP contribution in [0.3, 0.4) is 0 Å². The number of aromatic nitrogens is 4. The molecule has 4 aromatic rings. The molecule has 2 aliphatic rings. The van der Waals surface area contributed by atoms with Crippen LogP contribution in [0.2, 0.25) is 0 Å². The molecule has 10 heteroatoms. The number of piperidine rings is 1. The van der Waals surface area contributed by atoms with Gasteiger partial charge in [-0.15, -0.1) is 0 Å². The Labute approximate surface area is 205 Å². The molecule has 36 heavy (non-hydrogen) atoms. The Hall–Kier alpha value is -4.10. The predicted molar refractivity (Wildman–Crippen MR) is 131 cm³/mol. The molecule has 6 rings (SSSR count). The van der Waals surface area contributed by atoms with E-state index in [1.165, 1.54) is 12.1 Å². The molecule has 4 heterocycles. The van der Waals surface area contributed by atoms with Crippen LogP contribution in [-0.4, -0.2) is 45.0 Å². The third-order valence-electron chi connectivity index (χ3n) is 7.30. The van der Waals surface area contributed by atoms with Gasteiger partial charge in [0.05, 0.1) is 23.0 Å². The van der Waals surface area contributed by atoms with Crippen LogP contribution in [0.4, 0.5) is 14.6 Å². The standard InChI is InChI=1S/C26H23F2N7O/c1-33-22-5-4-19(10-18(22)13-31-33)35-24(15-2-3-16(12-29)20(27)11-15)32-25(23(28)26(35)36)34-9-7-21-17(14-34)6-8-30-21/h2-5,10-11,13,17,21,30H,6-9,14H2,1H3. The molecule has 0 amide bonds. The molecule has 0 bridgehead atoms. The summed E-state index contributed by atoms with van der Waals surface area (Å²) >= 11 is 0. The number of nitrogens with one attached hydrogen (secondary N) is 1. The Kier molecular flexibility index (Phi) is 5.30. The summed E-state index contributed by atoms with van der Waals surface area (Å²) in [4.78, 5) is 20.0. The van der Waals surface area contributed by atoms with Crippen molar-refractivity contribution < 1.29 is 8.78 Å². The number of hydrogen-bond donors (Lipinski definition) is 1. The molecule has 2 aromatic heterocycles.